The van der Waals surface area contributed by atoms with E-state index in [1.807, 2.05) is 6.07 Å². The molecule has 1 atom stereocenters. The van der Waals surface area contributed by atoms with Gasteiger partial charge in [0, 0.05) is 17.3 Å². The summed E-state index contributed by atoms with van der Waals surface area (Å²) in [6.07, 6.45) is 1.68. The fraction of sp³-hybridized carbons (Fsp3) is 0.444. The summed E-state index contributed by atoms with van der Waals surface area (Å²) in [5.41, 5.74) is 6.74. The summed E-state index contributed by atoms with van der Waals surface area (Å²) in [6, 6.07) is 3.54. The Balaban J connectivity index is 0. The fourth-order valence-electron chi connectivity index (χ4n) is 0.945. The zero-order chi connectivity index (χ0) is 9.14. The van der Waals surface area contributed by atoms with E-state index in [2.05, 4.69) is 18.8 Å². The quantitative estimate of drug-likeness (QED) is 0.883. The van der Waals surface area contributed by atoms with Crippen LogP contribution in [0.4, 0.5) is 0 Å². The van der Waals surface area contributed by atoms with Crippen molar-refractivity contribution in [3.05, 3.63) is 29.0 Å². The van der Waals surface area contributed by atoms with Crippen LogP contribution in [-0.4, -0.2) is 4.98 Å². The predicted molar refractivity (Wildman–Crippen MR) is 65.5 cm³/mol. The minimum absolute atomic E-state index is 0. The standard InChI is InChI=1S/C9H13ClN2.2ClH/c1-6(2)9(11)8-5-7(10)3-4-12-8;;/h3-6,9H,11H2,1-2H3;2*1H/t9-;;/m0../s1. The molecule has 0 saturated heterocycles. The van der Waals surface area contributed by atoms with Gasteiger partial charge in [-0.1, -0.05) is 25.4 Å². The number of nitrogens with two attached hydrogens (primary N) is 1. The second kappa shape index (κ2) is 7.30. The summed E-state index contributed by atoms with van der Waals surface area (Å²) in [4.78, 5) is 4.15. The van der Waals surface area contributed by atoms with Gasteiger partial charge in [-0.15, -0.1) is 24.8 Å². The highest BCUT2D eigenvalue weighted by atomic mass is 35.5. The van der Waals surface area contributed by atoms with Crippen molar-refractivity contribution < 1.29 is 0 Å². The van der Waals surface area contributed by atoms with Gasteiger partial charge in [0.15, 0.2) is 0 Å². The summed E-state index contributed by atoms with van der Waals surface area (Å²) >= 11 is 5.80. The van der Waals surface area contributed by atoms with Crippen molar-refractivity contribution in [3.63, 3.8) is 0 Å². The monoisotopic (exact) mass is 256 g/mol. The first-order valence-corrected chi connectivity index (χ1v) is 4.36. The topological polar surface area (TPSA) is 38.9 Å². The highest BCUT2D eigenvalue weighted by Gasteiger charge is 2.11. The molecule has 0 bridgehead atoms. The van der Waals surface area contributed by atoms with Crippen LogP contribution in [0, 0.1) is 5.92 Å². The third-order valence-electron chi connectivity index (χ3n) is 1.80. The van der Waals surface area contributed by atoms with Crippen LogP contribution in [0.25, 0.3) is 0 Å². The molecule has 0 spiro atoms. The summed E-state index contributed by atoms with van der Waals surface area (Å²) in [7, 11) is 0. The molecule has 0 aromatic carbocycles. The van der Waals surface area contributed by atoms with Crippen molar-refractivity contribution >= 4 is 36.4 Å². The number of aromatic nitrogens is 1. The number of halogens is 3. The fourth-order valence-corrected chi connectivity index (χ4v) is 1.11. The number of hydrogen-bond acceptors (Lipinski definition) is 2. The summed E-state index contributed by atoms with van der Waals surface area (Å²) in [5, 5.41) is 0.691. The van der Waals surface area contributed by atoms with Gasteiger partial charge in [-0.2, -0.15) is 0 Å². The maximum atomic E-state index is 5.89. The van der Waals surface area contributed by atoms with Gasteiger partial charge in [0.25, 0.3) is 0 Å². The molecule has 82 valence electrons. The van der Waals surface area contributed by atoms with Gasteiger partial charge in [-0.3, -0.25) is 4.98 Å². The van der Waals surface area contributed by atoms with Gasteiger partial charge in [0.1, 0.15) is 0 Å². The van der Waals surface area contributed by atoms with Crippen LogP contribution in [0.1, 0.15) is 25.6 Å². The predicted octanol–water partition coefficient (Wildman–Crippen LogP) is 3.23. The van der Waals surface area contributed by atoms with E-state index >= 15 is 0 Å². The van der Waals surface area contributed by atoms with Crippen molar-refractivity contribution in [2.24, 2.45) is 11.7 Å². The Kier molecular flexibility index (Phi) is 8.55. The van der Waals surface area contributed by atoms with E-state index in [0.29, 0.717) is 10.9 Å². The average Bonchev–Trinajstić information content (AvgIpc) is 2.03. The van der Waals surface area contributed by atoms with E-state index in [4.69, 9.17) is 17.3 Å². The van der Waals surface area contributed by atoms with Gasteiger partial charge >= 0.3 is 0 Å². The Labute approximate surface area is 102 Å². The Bertz CT molecular complexity index is 266. The summed E-state index contributed by atoms with van der Waals surface area (Å²) in [6.45, 7) is 4.13. The molecule has 5 heteroatoms. The molecule has 0 aliphatic rings. The second-order valence-corrected chi connectivity index (χ2v) is 3.61. The molecule has 1 aromatic heterocycles. The number of nitrogens with zero attached hydrogens (tertiary/aromatic N) is 1. The Morgan fingerprint density at radius 3 is 2.36 bits per heavy atom. The maximum absolute atomic E-state index is 5.89. The van der Waals surface area contributed by atoms with Gasteiger partial charge < -0.3 is 5.73 Å². The lowest BCUT2D eigenvalue weighted by molar-refractivity contribution is 0.503. The van der Waals surface area contributed by atoms with E-state index < -0.39 is 0 Å². The molecule has 1 aromatic rings. The lowest BCUT2D eigenvalue weighted by atomic mass is 10.0. The molecule has 0 unspecified atom stereocenters. The molecular formula is C9H15Cl3N2. The zero-order valence-electron chi connectivity index (χ0n) is 8.11. The summed E-state index contributed by atoms with van der Waals surface area (Å²) < 4.78 is 0. The van der Waals surface area contributed by atoms with Crippen LogP contribution >= 0.6 is 36.4 Å². The third kappa shape index (κ3) is 4.47. The van der Waals surface area contributed by atoms with Crippen LogP contribution in [0.5, 0.6) is 0 Å². The molecule has 0 fully saturated rings. The minimum Gasteiger partial charge on any atom is -0.322 e. The number of hydrogen-bond donors (Lipinski definition) is 1. The normalized spacial score (nSPS) is 11.5. The summed E-state index contributed by atoms with van der Waals surface area (Å²) in [5.74, 6) is 0.385. The molecule has 0 saturated carbocycles. The zero-order valence-corrected chi connectivity index (χ0v) is 10.5. The van der Waals surface area contributed by atoms with E-state index in [0.717, 1.165) is 5.69 Å². The molecule has 2 N–H and O–H groups in total. The first kappa shape index (κ1) is 16.4. The lowest BCUT2D eigenvalue weighted by Crippen LogP contribution is -2.17. The molecule has 14 heavy (non-hydrogen) atoms. The molecule has 2 nitrogen and oxygen atoms in total. The van der Waals surface area contributed by atoms with E-state index in [-0.39, 0.29) is 30.9 Å². The second-order valence-electron chi connectivity index (χ2n) is 3.17. The van der Waals surface area contributed by atoms with E-state index in [1.54, 1.807) is 12.3 Å². The Hall–Kier alpha value is -0.0200. The first-order valence-electron chi connectivity index (χ1n) is 3.98. The van der Waals surface area contributed by atoms with Crippen molar-refractivity contribution in [3.8, 4) is 0 Å². The van der Waals surface area contributed by atoms with Crippen molar-refractivity contribution in [1.82, 2.24) is 4.98 Å². The minimum atomic E-state index is -0.0244. The van der Waals surface area contributed by atoms with Gasteiger partial charge in [0.2, 0.25) is 0 Å². The average molecular weight is 258 g/mol. The van der Waals surface area contributed by atoms with Crippen LogP contribution in [0.15, 0.2) is 18.3 Å². The maximum Gasteiger partial charge on any atom is 0.0588 e. The third-order valence-corrected chi connectivity index (χ3v) is 2.04. The number of rotatable bonds is 2. The highest BCUT2D eigenvalue weighted by Crippen LogP contribution is 2.18. The van der Waals surface area contributed by atoms with Crippen molar-refractivity contribution in [2.75, 3.05) is 0 Å². The van der Waals surface area contributed by atoms with Crippen LogP contribution in [-0.2, 0) is 0 Å². The van der Waals surface area contributed by atoms with Crippen molar-refractivity contribution in [2.45, 2.75) is 19.9 Å². The van der Waals surface area contributed by atoms with Gasteiger partial charge in [-0.25, -0.2) is 0 Å². The molecular weight excluding hydrogens is 242 g/mol. The highest BCUT2D eigenvalue weighted by molar-refractivity contribution is 6.30. The molecule has 1 heterocycles. The molecule has 0 aliphatic heterocycles. The SMILES string of the molecule is CC(C)[C@H](N)c1cc(Cl)ccn1.Cl.Cl. The van der Waals surface area contributed by atoms with Gasteiger partial charge in [0.05, 0.1) is 5.69 Å². The number of pyridine rings is 1. The van der Waals surface area contributed by atoms with E-state index in [9.17, 15) is 0 Å². The van der Waals surface area contributed by atoms with Crippen LogP contribution < -0.4 is 5.73 Å². The molecule has 0 radical (unpaired) electrons. The van der Waals surface area contributed by atoms with Crippen molar-refractivity contribution in [1.29, 1.82) is 0 Å². The van der Waals surface area contributed by atoms with Crippen LogP contribution in [0.3, 0.4) is 0 Å². The van der Waals surface area contributed by atoms with Crippen LogP contribution in [0.2, 0.25) is 5.02 Å². The Morgan fingerprint density at radius 2 is 1.93 bits per heavy atom. The Morgan fingerprint density at radius 1 is 1.36 bits per heavy atom. The smallest absolute Gasteiger partial charge is 0.0588 e. The molecule has 0 aliphatic carbocycles. The first-order chi connectivity index (χ1) is 5.61. The van der Waals surface area contributed by atoms with E-state index in [1.165, 1.54) is 0 Å². The molecule has 1 rings (SSSR count). The van der Waals surface area contributed by atoms with Gasteiger partial charge in [-0.05, 0) is 18.1 Å². The largest absolute Gasteiger partial charge is 0.322 e. The molecule has 0 amide bonds. The lowest BCUT2D eigenvalue weighted by Gasteiger charge is -2.14.